The Kier molecular flexibility index (Phi) is 5.05. The molecule has 0 saturated carbocycles. The number of nitrogens with zero attached hydrogens (tertiary/aromatic N) is 1. The Hall–Kier alpha value is -1.07. The van der Waals surface area contributed by atoms with E-state index in [1.54, 1.807) is 12.1 Å². The number of para-hydroxylation sites is 1. The first kappa shape index (κ1) is 15.3. The van der Waals surface area contributed by atoms with Crippen LogP contribution in [0.2, 0.25) is 0 Å². The molecule has 1 heterocycles. The van der Waals surface area contributed by atoms with E-state index in [2.05, 4.69) is 17.3 Å². The lowest BCUT2D eigenvalue weighted by molar-refractivity contribution is 0.261. The Bertz CT molecular complexity index is 543. The molecule has 1 aliphatic heterocycles. The predicted octanol–water partition coefficient (Wildman–Crippen LogP) is 2.38. The van der Waals surface area contributed by atoms with Crippen molar-refractivity contribution in [1.82, 2.24) is 4.90 Å². The maximum absolute atomic E-state index is 12.3. The van der Waals surface area contributed by atoms with Crippen LogP contribution in [0.4, 0.5) is 5.69 Å². The van der Waals surface area contributed by atoms with Crippen LogP contribution in [-0.4, -0.2) is 45.2 Å². The van der Waals surface area contributed by atoms with Gasteiger partial charge < -0.3 is 10.2 Å². The van der Waals surface area contributed by atoms with Crippen molar-refractivity contribution in [3.05, 3.63) is 24.3 Å². The van der Waals surface area contributed by atoms with E-state index in [0.717, 1.165) is 31.6 Å². The lowest BCUT2D eigenvalue weighted by atomic mass is 10.1. The smallest absolute Gasteiger partial charge is 0.180 e. The molecule has 1 aromatic carbocycles. The summed E-state index contributed by atoms with van der Waals surface area (Å²) in [4.78, 5) is 2.72. The minimum absolute atomic E-state index is 0.205. The van der Waals surface area contributed by atoms with Gasteiger partial charge in [-0.1, -0.05) is 19.1 Å². The quantitative estimate of drug-likeness (QED) is 0.906. The molecule has 1 atom stereocenters. The van der Waals surface area contributed by atoms with Crippen LogP contribution in [0.1, 0.15) is 26.2 Å². The average molecular weight is 296 g/mol. The largest absolute Gasteiger partial charge is 0.380 e. The van der Waals surface area contributed by atoms with Gasteiger partial charge in [0, 0.05) is 12.6 Å². The minimum atomic E-state index is -3.18. The van der Waals surface area contributed by atoms with Gasteiger partial charge >= 0.3 is 0 Å². The van der Waals surface area contributed by atoms with Gasteiger partial charge in [0.05, 0.1) is 16.3 Å². The number of likely N-dealkylation sites (N-methyl/N-ethyl adjacent to an activating group) is 1. The molecule has 1 unspecified atom stereocenters. The van der Waals surface area contributed by atoms with Gasteiger partial charge in [-0.2, -0.15) is 0 Å². The van der Waals surface area contributed by atoms with Crippen LogP contribution in [0.15, 0.2) is 29.2 Å². The maximum atomic E-state index is 12.3. The average Bonchev–Trinajstić information content (AvgIpc) is 2.39. The second kappa shape index (κ2) is 6.59. The van der Waals surface area contributed by atoms with Crippen molar-refractivity contribution in [1.29, 1.82) is 0 Å². The molecule has 1 fully saturated rings. The molecule has 0 bridgehead atoms. The van der Waals surface area contributed by atoms with Crippen molar-refractivity contribution in [2.75, 3.05) is 31.2 Å². The molecule has 0 spiro atoms. The van der Waals surface area contributed by atoms with E-state index in [4.69, 9.17) is 0 Å². The van der Waals surface area contributed by atoms with Gasteiger partial charge in [-0.3, -0.25) is 0 Å². The van der Waals surface area contributed by atoms with Crippen LogP contribution in [0.5, 0.6) is 0 Å². The minimum Gasteiger partial charge on any atom is -0.380 e. The summed E-state index contributed by atoms with van der Waals surface area (Å²) in [5.74, 6) is 0.205. The first-order valence-electron chi connectivity index (χ1n) is 7.30. The predicted molar refractivity (Wildman–Crippen MR) is 82.9 cm³/mol. The highest BCUT2D eigenvalue weighted by molar-refractivity contribution is 7.91. The van der Waals surface area contributed by atoms with Gasteiger partial charge in [-0.05, 0) is 45.0 Å². The van der Waals surface area contributed by atoms with Gasteiger partial charge in [-0.15, -0.1) is 0 Å². The normalized spacial score (nSPS) is 20.8. The molecule has 112 valence electrons. The fourth-order valence-electron chi connectivity index (χ4n) is 2.74. The summed E-state index contributed by atoms with van der Waals surface area (Å²) < 4.78 is 24.6. The highest BCUT2D eigenvalue weighted by Crippen LogP contribution is 2.24. The molecule has 0 amide bonds. The number of rotatable bonds is 5. The third kappa shape index (κ3) is 3.73. The number of nitrogens with one attached hydrogen (secondary N) is 1. The topological polar surface area (TPSA) is 49.4 Å². The van der Waals surface area contributed by atoms with E-state index < -0.39 is 9.84 Å². The molecule has 20 heavy (non-hydrogen) atoms. The van der Waals surface area contributed by atoms with Crippen LogP contribution >= 0.6 is 0 Å². The van der Waals surface area contributed by atoms with Crippen LogP contribution in [0.3, 0.4) is 0 Å². The lowest BCUT2D eigenvalue weighted by Crippen LogP contribution is -2.40. The highest BCUT2D eigenvalue weighted by Gasteiger charge is 2.21. The van der Waals surface area contributed by atoms with E-state index in [1.165, 1.54) is 0 Å². The summed E-state index contributed by atoms with van der Waals surface area (Å²) in [6.07, 6.45) is 2.88. The summed E-state index contributed by atoms with van der Waals surface area (Å²) >= 11 is 0. The number of likely N-dealkylation sites (tertiary alicyclic amines) is 1. The number of piperidine rings is 1. The fourth-order valence-corrected chi connectivity index (χ4v) is 4.25. The SMILES string of the molecule is CCCS(=O)(=O)c1ccccc1NC1CCCN(C)C1. The molecule has 0 radical (unpaired) electrons. The van der Waals surface area contributed by atoms with Crippen molar-refractivity contribution < 1.29 is 8.42 Å². The van der Waals surface area contributed by atoms with Gasteiger partial charge in [-0.25, -0.2) is 8.42 Å². The second-order valence-corrected chi connectivity index (χ2v) is 7.64. The van der Waals surface area contributed by atoms with Gasteiger partial charge in [0.2, 0.25) is 0 Å². The Balaban J connectivity index is 2.20. The molecule has 1 saturated heterocycles. The summed E-state index contributed by atoms with van der Waals surface area (Å²) in [6, 6.07) is 7.59. The van der Waals surface area contributed by atoms with E-state index in [-0.39, 0.29) is 5.75 Å². The number of hydrogen-bond acceptors (Lipinski definition) is 4. The molecular formula is C15H24N2O2S. The van der Waals surface area contributed by atoms with E-state index in [1.807, 2.05) is 19.1 Å². The summed E-state index contributed by atoms with van der Waals surface area (Å²) in [6.45, 7) is 3.97. The first-order valence-corrected chi connectivity index (χ1v) is 8.95. The van der Waals surface area contributed by atoms with Crippen molar-refractivity contribution in [2.45, 2.75) is 37.1 Å². The number of sulfone groups is 1. The highest BCUT2D eigenvalue weighted by atomic mass is 32.2. The Morgan fingerprint density at radius 3 is 2.80 bits per heavy atom. The van der Waals surface area contributed by atoms with Crippen molar-refractivity contribution in [2.24, 2.45) is 0 Å². The summed E-state index contributed by atoms with van der Waals surface area (Å²) in [5.41, 5.74) is 0.751. The van der Waals surface area contributed by atoms with Crippen molar-refractivity contribution >= 4 is 15.5 Å². The number of hydrogen-bond donors (Lipinski definition) is 1. The van der Waals surface area contributed by atoms with Crippen LogP contribution < -0.4 is 5.32 Å². The van der Waals surface area contributed by atoms with Crippen LogP contribution in [0, 0.1) is 0 Å². The summed E-state index contributed by atoms with van der Waals surface area (Å²) in [7, 11) is -1.08. The maximum Gasteiger partial charge on any atom is 0.180 e. The second-order valence-electron chi connectivity index (χ2n) is 5.56. The van der Waals surface area contributed by atoms with E-state index in [9.17, 15) is 8.42 Å². The lowest BCUT2D eigenvalue weighted by Gasteiger charge is -2.31. The summed E-state index contributed by atoms with van der Waals surface area (Å²) in [5, 5.41) is 3.42. The molecule has 5 heteroatoms. The zero-order valence-corrected chi connectivity index (χ0v) is 13.1. The molecule has 1 N–H and O–H groups in total. The molecule has 1 aromatic rings. The van der Waals surface area contributed by atoms with Gasteiger partial charge in [0.25, 0.3) is 0 Å². The first-order chi connectivity index (χ1) is 9.53. The molecule has 0 aliphatic carbocycles. The third-order valence-corrected chi connectivity index (χ3v) is 5.65. The molecule has 1 aliphatic rings. The zero-order chi connectivity index (χ0) is 14.6. The molecule has 2 rings (SSSR count). The van der Waals surface area contributed by atoms with Crippen molar-refractivity contribution in [3.63, 3.8) is 0 Å². The standard InChI is InChI=1S/C15H24N2O2S/c1-3-11-20(18,19)15-9-5-4-8-14(15)16-13-7-6-10-17(2)12-13/h4-5,8-9,13,16H,3,6-7,10-12H2,1-2H3. The monoisotopic (exact) mass is 296 g/mol. The fraction of sp³-hybridized carbons (Fsp3) is 0.600. The molecule has 0 aromatic heterocycles. The number of benzene rings is 1. The van der Waals surface area contributed by atoms with Crippen LogP contribution in [0.25, 0.3) is 0 Å². The van der Waals surface area contributed by atoms with Gasteiger partial charge in [0.1, 0.15) is 0 Å². The Morgan fingerprint density at radius 1 is 1.35 bits per heavy atom. The third-order valence-electron chi connectivity index (χ3n) is 3.68. The van der Waals surface area contributed by atoms with Crippen molar-refractivity contribution in [3.8, 4) is 0 Å². The molecular weight excluding hydrogens is 272 g/mol. The Labute approximate surface area is 122 Å². The van der Waals surface area contributed by atoms with E-state index >= 15 is 0 Å². The zero-order valence-electron chi connectivity index (χ0n) is 12.3. The molecule has 4 nitrogen and oxygen atoms in total. The Morgan fingerprint density at radius 2 is 2.10 bits per heavy atom. The van der Waals surface area contributed by atoms with E-state index in [0.29, 0.717) is 17.4 Å². The number of anilines is 1. The van der Waals surface area contributed by atoms with Gasteiger partial charge in [0.15, 0.2) is 9.84 Å². The van der Waals surface area contributed by atoms with Crippen LogP contribution in [-0.2, 0) is 9.84 Å².